The van der Waals surface area contributed by atoms with Crippen molar-refractivity contribution in [2.75, 3.05) is 11.9 Å². The number of ether oxygens (including phenoxy) is 1. The number of hydrogen-bond donors (Lipinski definition) is 3. The van der Waals surface area contributed by atoms with Gasteiger partial charge in [0.1, 0.15) is 11.4 Å². The zero-order chi connectivity index (χ0) is 18.8. The van der Waals surface area contributed by atoms with Crippen LogP contribution in [-0.2, 0) is 11.3 Å². The Morgan fingerprint density at radius 3 is 2.93 bits per heavy atom. The summed E-state index contributed by atoms with van der Waals surface area (Å²) in [7, 11) is 0. The zero-order valence-corrected chi connectivity index (χ0v) is 13.9. The first-order chi connectivity index (χ1) is 13.1. The van der Waals surface area contributed by atoms with Crippen molar-refractivity contribution in [2.24, 2.45) is 0 Å². The van der Waals surface area contributed by atoms with Crippen LogP contribution in [0.1, 0.15) is 16.2 Å². The van der Waals surface area contributed by atoms with Gasteiger partial charge in [-0.3, -0.25) is 14.4 Å². The summed E-state index contributed by atoms with van der Waals surface area (Å²) in [4.78, 5) is 42.1. The number of benzene rings is 1. The van der Waals surface area contributed by atoms with Gasteiger partial charge in [0.15, 0.2) is 18.2 Å². The molecule has 9 heteroatoms. The molecule has 1 aliphatic rings. The number of hydrogen-bond acceptors (Lipinski definition) is 6. The van der Waals surface area contributed by atoms with Gasteiger partial charge in [-0.05, 0) is 29.8 Å². The monoisotopic (exact) mass is 366 g/mol. The van der Waals surface area contributed by atoms with Crippen molar-refractivity contribution < 1.29 is 18.7 Å². The smallest absolute Gasteiger partial charge is 0.287 e. The van der Waals surface area contributed by atoms with Gasteiger partial charge in [-0.1, -0.05) is 6.07 Å². The number of carbonyl (C=O) groups is 2. The molecule has 9 nitrogen and oxygen atoms in total. The molecule has 0 bridgehead atoms. The molecule has 4 rings (SSSR count). The van der Waals surface area contributed by atoms with Gasteiger partial charge in [-0.25, -0.2) is 4.98 Å². The van der Waals surface area contributed by atoms with E-state index in [9.17, 15) is 14.4 Å². The van der Waals surface area contributed by atoms with Gasteiger partial charge in [0.2, 0.25) is 0 Å². The lowest BCUT2D eigenvalue weighted by Gasteiger charge is -2.18. The molecule has 0 unspecified atom stereocenters. The van der Waals surface area contributed by atoms with E-state index < -0.39 is 11.5 Å². The number of fused-ring (bicyclic) bond motifs is 1. The average Bonchev–Trinajstić information content (AvgIpc) is 3.20. The van der Waals surface area contributed by atoms with E-state index in [0.29, 0.717) is 17.2 Å². The number of aromatic nitrogens is 2. The molecule has 3 heterocycles. The molecule has 0 radical (unpaired) electrons. The molecule has 2 aromatic heterocycles. The number of nitrogens with zero attached hydrogens (tertiary/aromatic N) is 1. The summed E-state index contributed by atoms with van der Waals surface area (Å²) in [5.74, 6) is 0.0598. The van der Waals surface area contributed by atoms with E-state index in [1.54, 1.807) is 30.3 Å². The van der Waals surface area contributed by atoms with Crippen LogP contribution in [0, 0.1) is 0 Å². The van der Waals surface area contributed by atoms with Crippen LogP contribution in [0.2, 0.25) is 0 Å². The minimum atomic E-state index is -0.543. The highest BCUT2D eigenvalue weighted by molar-refractivity contribution is 5.95. The van der Waals surface area contributed by atoms with Crippen molar-refractivity contribution in [1.82, 2.24) is 15.3 Å². The zero-order valence-electron chi connectivity index (χ0n) is 13.9. The van der Waals surface area contributed by atoms with Gasteiger partial charge >= 0.3 is 0 Å². The number of amides is 2. The first-order valence-corrected chi connectivity index (χ1v) is 8.07. The van der Waals surface area contributed by atoms with E-state index >= 15 is 0 Å². The molecule has 136 valence electrons. The van der Waals surface area contributed by atoms with Gasteiger partial charge < -0.3 is 24.8 Å². The van der Waals surface area contributed by atoms with Crippen molar-refractivity contribution in [3.63, 3.8) is 0 Å². The highest BCUT2D eigenvalue weighted by atomic mass is 16.5. The normalized spacial score (nSPS) is 12.7. The van der Waals surface area contributed by atoms with Crippen molar-refractivity contribution in [1.29, 1.82) is 0 Å². The van der Waals surface area contributed by atoms with Crippen molar-refractivity contribution in [3.8, 4) is 17.2 Å². The van der Waals surface area contributed by atoms with Crippen LogP contribution in [0.5, 0.6) is 5.75 Å². The summed E-state index contributed by atoms with van der Waals surface area (Å²) in [5.41, 5.74) is 1.10. The minimum Gasteiger partial charge on any atom is -0.482 e. The summed E-state index contributed by atoms with van der Waals surface area (Å²) in [6.45, 7) is 0.158. The predicted molar refractivity (Wildman–Crippen MR) is 94.3 cm³/mol. The average molecular weight is 366 g/mol. The van der Waals surface area contributed by atoms with Gasteiger partial charge in [0, 0.05) is 12.6 Å². The molecule has 3 N–H and O–H groups in total. The highest BCUT2D eigenvalue weighted by Crippen LogP contribution is 2.28. The van der Waals surface area contributed by atoms with E-state index in [4.69, 9.17) is 9.15 Å². The maximum absolute atomic E-state index is 12.4. The first-order valence-electron chi connectivity index (χ1n) is 8.07. The molecule has 2 amide bonds. The third kappa shape index (κ3) is 3.56. The maximum Gasteiger partial charge on any atom is 0.287 e. The molecule has 27 heavy (non-hydrogen) atoms. The van der Waals surface area contributed by atoms with Crippen LogP contribution < -0.4 is 20.9 Å². The predicted octanol–water partition coefficient (Wildman–Crippen LogP) is 1.29. The first kappa shape index (κ1) is 16.6. The largest absolute Gasteiger partial charge is 0.482 e. The highest BCUT2D eigenvalue weighted by Gasteiger charge is 2.17. The van der Waals surface area contributed by atoms with Crippen molar-refractivity contribution >= 4 is 17.5 Å². The number of rotatable bonds is 4. The van der Waals surface area contributed by atoms with Crippen LogP contribution >= 0.6 is 0 Å². The van der Waals surface area contributed by atoms with Gasteiger partial charge in [-0.15, -0.1) is 0 Å². The molecule has 0 saturated carbocycles. The number of nitrogens with one attached hydrogen (secondary N) is 3. The Kier molecular flexibility index (Phi) is 4.17. The molecule has 0 atom stereocenters. The van der Waals surface area contributed by atoms with Gasteiger partial charge in [0.05, 0.1) is 12.0 Å². The Morgan fingerprint density at radius 2 is 2.11 bits per heavy atom. The number of carbonyl (C=O) groups excluding carboxylic acids is 2. The number of anilines is 1. The second-order valence-corrected chi connectivity index (χ2v) is 5.81. The fourth-order valence-corrected chi connectivity index (χ4v) is 2.62. The van der Waals surface area contributed by atoms with Gasteiger partial charge in [-0.2, -0.15) is 0 Å². The Hall–Kier alpha value is -3.88. The lowest BCUT2D eigenvalue weighted by molar-refractivity contribution is -0.118. The molecule has 0 fully saturated rings. The fraction of sp³-hybridized carbons (Fsp3) is 0.111. The topological polar surface area (TPSA) is 126 Å². The molecule has 0 saturated heterocycles. The summed E-state index contributed by atoms with van der Waals surface area (Å²) < 4.78 is 10.5. The summed E-state index contributed by atoms with van der Waals surface area (Å²) in [5, 5.41) is 5.38. The number of furan rings is 1. The standard InChI is InChI=1S/C18H14N4O5/c23-15-7-12(13-2-1-5-26-13)21-17(22-15)18(25)19-8-10-3-4-14-11(6-10)20-16(24)9-27-14/h1-7H,8-9H2,(H,19,25)(H,20,24)(H,21,22,23). The lowest BCUT2D eigenvalue weighted by atomic mass is 10.1. The Labute approximate surface area is 152 Å². The van der Waals surface area contributed by atoms with E-state index in [0.717, 1.165) is 5.56 Å². The summed E-state index contributed by atoms with van der Waals surface area (Å²) in [6.07, 6.45) is 1.45. The van der Waals surface area contributed by atoms with Crippen LogP contribution in [0.25, 0.3) is 11.5 Å². The second-order valence-electron chi connectivity index (χ2n) is 5.81. The molecule has 0 spiro atoms. The summed E-state index contributed by atoms with van der Waals surface area (Å²) >= 11 is 0. The van der Waals surface area contributed by atoms with E-state index in [1.807, 2.05) is 0 Å². The van der Waals surface area contributed by atoms with E-state index in [2.05, 4.69) is 20.6 Å². The minimum absolute atomic E-state index is 0.0197. The quantitative estimate of drug-likeness (QED) is 0.639. The lowest BCUT2D eigenvalue weighted by Crippen LogP contribution is -2.28. The molecule has 1 aliphatic heterocycles. The van der Waals surface area contributed by atoms with Crippen LogP contribution in [0.4, 0.5) is 5.69 Å². The van der Waals surface area contributed by atoms with Gasteiger partial charge in [0.25, 0.3) is 17.4 Å². The second kappa shape index (κ2) is 6.79. The fourth-order valence-electron chi connectivity index (χ4n) is 2.62. The molecular formula is C18H14N4O5. The third-order valence-electron chi connectivity index (χ3n) is 3.86. The number of aromatic amines is 1. The Bertz CT molecular complexity index is 1070. The van der Waals surface area contributed by atoms with E-state index in [-0.39, 0.29) is 30.6 Å². The van der Waals surface area contributed by atoms with Crippen molar-refractivity contribution in [3.05, 3.63) is 64.4 Å². The number of H-pyrrole nitrogens is 1. The molecule has 0 aliphatic carbocycles. The Morgan fingerprint density at radius 1 is 1.22 bits per heavy atom. The maximum atomic E-state index is 12.4. The van der Waals surface area contributed by atoms with E-state index in [1.165, 1.54) is 12.3 Å². The Balaban J connectivity index is 1.49. The molecular weight excluding hydrogens is 352 g/mol. The van der Waals surface area contributed by atoms with Crippen molar-refractivity contribution in [2.45, 2.75) is 6.54 Å². The molecule has 1 aromatic carbocycles. The van der Waals surface area contributed by atoms with Crippen LogP contribution in [0.3, 0.4) is 0 Å². The van der Waals surface area contributed by atoms with Crippen LogP contribution in [-0.4, -0.2) is 28.4 Å². The molecule has 3 aromatic rings. The van der Waals surface area contributed by atoms with Crippen LogP contribution in [0.15, 0.2) is 51.9 Å². The third-order valence-corrected chi connectivity index (χ3v) is 3.86. The SMILES string of the molecule is O=C1COc2ccc(CNC(=O)c3nc(-c4ccco4)cc(=O)[nH]3)cc2N1. The summed E-state index contributed by atoms with van der Waals surface area (Å²) in [6, 6.07) is 9.76.